The molecule has 0 bridgehead atoms. The van der Waals surface area contributed by atoms with Crippen molar-refractivity contribution in [1.82, 2.24) is 0 Å². The molecule has 0 amide bonds. The van der Waals surface area contributed by atoms with Gasteiger partial charge in [0.1, 0.15) is 5.75 Å². The number of hydrogen-bond acceptors (Lipinski definition) is 4. The third kappa shape index (κ3) is 2.47. The van der Waals surface area contributed by atoms with Crippen LogP contribution in [0.2, 0.25) is 0 Å². The molecule has 5 nitrogen and oxygen atoms in total. The van der Waals surface area contributed by atoms with Crippen LogP contribution in [0, 0.1) is 15.9 Å². The van der Waals surface area contributed by atoms with E-state index in [1.807, 2.05) is 0 Å². The number of ether oxygens (including phenoxy) is 1. The van der Waals surface area contributed by atoms with E-state index in [2.05, 4.69) is 4.74 Å². The molecule has 86 valence electrons. The fraction of sp³-hybridized carbons (Fsp3) is 0.125. The molecule has 0 aliphatic rings. The van der Waals surface area contributed by atoms with E-state index in [0.717, 1.165) is 0 Å². The number of nitrogens with zero attached hydrogens (tertiary/aromatic N) is 1. The standard InChI is InChI=1S/C8H4F3NO4/c9-5-1-4(3-13)7(16-8(10)11)2-6(5)12(14)15/h1-3,8H. The quantitative estimate of drug-likeness (QED) is 0.455. The van der Waals surface area contributed by atoms with Crippen LogP contribution in [0.4, 0.5) is 18.9 Å². The first-order valence-electron chi connectivity index (χ1n) is 3.83. The van der Waals surface area contributed by atoms with Crippen LogP contribution >= 0.6 is 0 Å². The van der Waals surface area contributed by atoms with Crippen molar-refractivity contribution < 1.29 is 27.6 Å². The van der Waals surface area contributed by atoms with Crippen molar-refractivity contribution in [1.29, 1.82) is 0 Å². The molecule has 0 saturated carbocycles. The molecule has 0 saturated heterocycles. The van der Waals surface area contributed by atoms with E-state index in [4.69, 9.17) is 0 Å². The van der Waals surface area contributed by atoms with Crippen LogP contribution in [-0.4, -0.2) is 17.8 Å². The lowest BCUT2D eigenvalue weighted by atomic mass is 10.2. The summed E-state index contributed by atoms with van der Waals surface area (Å²) >= 11 is 0. The molecule has 8 heteroatoms. The van der Waals surface area contributed by atoms with Crippen LogP contribution in [0.1, 0.15) is 10.4 Å². The van der Waals surface area contributed by atoms with Crippen LogP contribution < -0.4 is 4.74 Å². The Morgan fingerprint density at radius 2 is 2.06 bits per heavy atom. The second kappa shape index (κ2) is 4.60. The molecular weight excluding hydrogens is 231 g/mol. The maximum atomic E-state index is 13.0. The van der Waals surface area contributed by atoms with Gasteiger partial charge in [0.25, 0.3) is 0 Å². The normalized spacial score (nSPS) is 10.2. The summed E-state index contributed by atoms with van der Waals surface area (Å²) in [5.41, 5.74) is -1.57. The Balaban J connectivity index is 3.28. The van der Waals surface area contributed by atoms with Crippen molar-refractivity contribution in [2.45, 2.75) is 6.61 Å². The van der Waals surface area contributed by atoms with Gasteiger partial charge < -0.3 is 4.74 Å². The predicted octanol–water partition coefficient (Wildman–Crippen LogP) is 2.15. The predicted molar refractivity (Wildman–Crippen MR) is 45.1 cm³/mol. The van der Waals surface area contributed by atoms with Crippen LogP contribution in [-0.2, 0) is 0 Å². The summed E-state index contributed by atoms with van der Waals surface area (Å²) in [6, 6.07) is 0.897. The third-order valence-electron chi connectivity index (χ3n) is 1.62. The first-order chi connectivity index (χ1) is 7.45. The van der Waals surface area contributed by atoms with E-state index < -0.39 is 34.4 Å². The molecule has 0 aromatic heterocycles. The van der Waals surface area contributed by atoms with Gasteiger partial charge in [-0.05, 0) is 6.07 Å². The van der Waals surface area contributed by atoms with Gasteiger partial charge in [0.2, 0.25) is 5.82 Å². The highest BCUT2D eigenvalue weighted by Crippen LogP contribution is 2.28. The van der Waals surface area contributed by atoms with Crippen molar-refractivity contribution in [2.75, 3.05) is 0 Å². The van der Waals surface area contributed by atoms with Crippen LogP contribution in [0.3, 0.4) is 0 Å². The summed E-state index contributed by atoms with van der Waals surface area (Å²) in [5, 5.41) is 10.3. The Kier molecular flexibility index (Phi) is 3.44. The van der Waals surface area contributed by atoms with Crippen LogP contribution in [0.25, 0.3) is 0 Å². The number of nitro benzene ring substituents is 1. The van der Waals surface area contributed by atoms with Gasteiger partial charge >= 0.3 is 12.3 Å². The van der Waals surface area contributed by atoms with Crippen molar-refractivity contribution in [3.8, 4) is 5.75 Å². The first kappa shape index (κ1) is 12.0. The van der Waals surface area contributed by atoms with E-state index in [0.29, 0.717) is 12.1 Å². The number of halogens is 3. The minimum absolute atomic E-state index is 0.0600. The second-order valence-electron chi connectivity index (χ2n) is 2.59. The Hall–Kier alpha value is -2.12. The number of alkyl halides is 2. The number of rotatable bonds is 4. The summed E-state index contributed by atoms with van der Waals surface area (Å²) in [6.07, 6.45) is 0.0600. The number of carbonyl (C=O) groups is 1. The first-order valence-corrected chi connectivity index (χ1v) is 3.83. The molecule has 0 spiro atoms. The summed E-state index contributed by atoms with van der Waals surface area (Å²) in [5.74, 6) is -2.04. The summed E-state index contributed by atoms with van der Waals surface area (Å²) < 4.78 is 40.5. The summed E-state index contributed by atoms with van der Waals surface area (Å²) in [7, 11) is 0. The van der Waals surface area contributed by atoms with Crippen molar-refractivity contribution in [2.24, 2.45) is 0 Å². The van der Waals surface area contributed by atoms with Gasteiger partial charge in [-0.15, -0.1) is 0 Å². The Labute approximate surface area is 86.6 Å². The van der Waals surface area contributed by atoms with Crippen molar-refractivity contribution in [3.05, 3.63) is 33.6 Å². The molecule has 16 heavy (non-hydrogen) atoms. The summed E-state index contributed by atoms with van der Waals surface area (Å²) in [6.45, 7) is -3.26. The average molecular weight is 235 g/mol. The molecular formula is C8H4F3NO4. The second-order valence-corrected chi connectivity index (χ2v) is 2.59. The smallest absolute Gasteiger partial charge is 0.387 e. The fourth-order valence-electron chi connectivity index (χ4n) is 0.988. The van der Waals surface area contributed by atoms with Gasteiger partial charge in [-0.2, -0.15) is 13.2 Å². The van der Waals surface area contributed by atoms with Gasteiger partial charge in [0.15, 0.2) is 6.29 Å². The van der Waals surface area contributed by atoms with Crippen molar-refractivity contribution >= 4 is 12.0 Å². The largest absolute Gasteiger partial charge is 0.434 e. The maximum Gasteiger partial charge on any atom is 0.387 e. The Morgan fingerprint density at radius 3 is 2.50 bits per heavy atom. The van der Waals surface area contributed by atoms with Crippen molar-refractivity contribution in [3.63, 3.8) is 0 Å². The number of aldehydes is 1. The van der Waals surface area contributed by atoms with Gasteiger partial charge in [0, 0.05) is 0 Å². The highest BCUT2D eigenvalue weighted by Gasteiger charge is 2.20. The Morgan fingerprint density at radius 1 is 1.44 bits per heavy atom. The lowest BCUT2D eigenvalue weighted by Crippen LogP contribution is -2.06. The molecule has 0 fully saturated rings. The van der Waals surface area contributed by atoms with Gasteiger partial charge in [-0.1, -0.05) is 0 Å². The van der Waals surface area contributed by atoms with Gasteiger partial charge in [0.05, 0.1) is 16.6 Å². The number of hydrogen-bond donors (Lipinski definition) is 0. The molecule has 1 aromatic carbocycles. The summed E-state index contributed by atoms with van der Waals surface area (Å²) in [4.78, 5) is 19.6. The zero-order chi connectivity index (χ0) is 12.3. The zero-order valence-electron chi connectivity index (χ0n) is 7.52. The molecule has 0 heterocycles. The highest BCUT2D eigenvalue weighted by molar-refractivity contribution is 5.80. The Bertz CT molecular complexity index is 436. The van der Waals surface area contributed by atoms with E-state index in [-0.39, 0.29) is 6.29 Å². The molecule has 0 aliphatic heterocycles. The lowest BCUT2D eigenvalue weighted by Gasteiger charge is -2.06. The van der Waals surface area contributed by atoms with Crippen LogP contribution in [0.15, 0.2) is 12.1 Å². The van der Waals surface area contributed by atoms with E-state index in [1.165, 1.54) is 0 Å². The van der Waals surface area contributed by atoms with E-state index in [1.54, 1.807) is 0 Å². The minimum atomic E-state index is -3.26. The minimum Gasteiger partial charge on any atom is -0.434 e. The molecule has 0 unspecified atom stereocenters. The average Bonchev–Trinajstić information content (AvgIpc) is 2.18. The topological polar surface area (TPSA) is 69.4 Å². The molecule has 1 rings (SSSR count). The highest BCUT2D eigenvalue weighted by atomic mass is 19.3. The number of benzene rings is 1. The molecule has 0 radical (unpaired) electrons. The van der Waals surface area contributed by atoms with Crippen LogP contribution in [0.5, 0.6) is 5.75 Å². The van der Waals surface area contributed by atoms with E-state index >= 15 is 0 Å². The molecule has 0 atom stereocenters. The lowest BCUT2D eigenvalue weighted by molar-refractivity contribution is -0.387. The number of nitro groups is 1. The molecule has 1 aromatic rings. The van der Waals surface area contributed by atoms with Gasteiger partial charge in [-0.25, -0.2) is 0 Å². The SMILES string of the molecule is O=Cc1cc(F)c([N+](=O)[O-])cc1OC(F)F. The monoisotopic (exact) mass is 235 g/mol. The van der Waals surface area contributed by atoms with E-state index in [9.17, 15) is 28.1 Å². The zero-order valence-corrected chi connectivity index (χ0v) is 7.52. The molecule has 0 aliphatic carbocycles. The number of carbonyl (C=O) groups excluding carboxylic acids is 1. The third-order valence-corrected chi connectivity index (χ3v) is 1.62. The maximum absolute atomic E-state index is 13.0. The molecule has 0 N–H and O–H groups in total. The fourth-order valence-corrected chi connectivity index (χ4v) is 0.988. The van der Waals surface area contributed by atoms with Gasteiger partial charge in [-0.3, -0.25) is 14.9 Å².